The van der Waals surface area contributed by atoms with Crippen molar-refractivity contribution >= 4 is 0 Å². The topological polar surface area (TPSA) is 40.5 Å². The number of benzene rings is 1. The molecule has 0 aromatic heterocycles. The molecule has 0 aliphatic rings. The zero-order chi connectivity index (χ0) is 11.4. The molecule has 0 aliphatic heterocycles. The van der Waals surface area contributed by atoms with Crippen LogP contribution in [0.5, 0.6) is 5.75 Å². The fraction of sp³-hybridized carbons (Fsp3) is 0.385. The molecule has 0 fully saturated rings. The Hall–Kier alpha value is -1.44. The van der Waals surface area contributed by atoms with E-state index in [1.165, 1.54) is 0 Å². The highest BCUT2D eigenvalue weighted by atomic mass is 16.3. The van der Waals surface area contributed by atoms with Crippen molar-refractivity contribution in [2.45, 2.75) is 20.3 Å². The average Bonchev–Trinajstić information content (AvgIpc) is 2.15. The van der Waals surface area contributed by atoms with Crippen LogP contribution < -0.4 is 0 Å². The predicted octanol–water partition coefficient (Wildman–Crippen LogP) is 3.28. The van der Waals surface area contributed by atoms with Crippen LogP contribution in [0.1, 0.15) is 19.4 Å². The van der Waals surface area contributed by atoms with Gasteiger partial charge in [-0.15, -0.1) is 0 Å². The minimum atomic E-state index is 0.0783. The van der Waals surface area contributed by atoms with Gasteiger partial charge in [-0.05, 0) is 30.0 Å². The van der Waals surface area contributed by atoms with Crippen molar-refractivity contribution in [3.05, 3.63) is 42.2 Å². The van der Waals surface area contributed by atoms with Crippen LogP contribution in [0.2, 0.25) is 0 Å². The number of aromatic hydroxyl groups is 1. The number of phenolic OH excluding ortho intramolecular Hbond substituents is 1. The van der Waals surface area contributed by atoms with E-state index in [-0.39, 0.29) is 17.4 Å². The zero-order valence-electron chi connectivity index (χ0n) is 9.27. The number of aliphatic hydroxyl groups excluding tert-OH is 1. The van der Waals surface area contributed by atoms with Gasteiger partial charge < -0.3 is 10.2 Å². The Labute approximate surface area is 90.9 Å². The second-order valence-electron chi connectivity index (χ2n) is 4.21. The Bertz CT molecular complexity index is 325. The largest absolute Gasteiger partial charge is 0.513 e. The molecule has 1 unspecified atom stereocenters. The van der Waals surface area contributed by atoms with Crippen LogP contribution in [-0.2, 0) is 6.42 Å². The predicted molar refractivity (Wildman–Crippen MR) is 61.9 cm³/mol. The molecule has 1 atom stereocenters. The van der Waals surface area contributed by atoms with Crippen molar-refractivity contribution in [3.63, 3.8) is 0 Å². The molecular weight excluding hydrogens is 188 g/mol. The maximum Gasteiger partial charge on any atom is 0.115 e. The van der Waals surface area contributed by atoms with E-state index in [1.54, 1.807) is 12.1 Å². The summed E-state index contributed by atoms with van der Waals surface area (Å²) in [6.45, 7) is 7.72. The fourth-order valence-corrected chi connectivity index (χ4v) is 1.62. The molecular formula is C13H18O2. The summed E-state index contributed by atoms with van der Waals surface area (Å²) in [6.07, 6.45) is 0.757. The van der Waals surface area contributed by atoms with Gasteiger partial charge in [0.2, 0.25) is 0 Å². The summed E-state index contributed by atoms with van der Waals surface area (Å²) in [4.78, 5) is 0. The molecule has 1 aromatic rings. The van der Waals surface area contributed by atoms with E-state index in [0.29, 0.717) is 5.92 Å². The summed E-state index contributed by atoms with van der Waals surface area (Å²) < 4.78 is 0. The quantitative estimate of drug-likeness (QED) is 0.742. The van der Waals surface area contributed by atoms with Gasteiger partial charge in [-0.1, -0.05) is 32.6 Å². The number of hydrogen-bond acceptors (Lipinski definition) is 2. The second kappa shape index (κ2) is 4.87. The fourth-order valence-electron chi connectivity index (χ4n) is 1.62. The van der Waals surface area contributed by atoms with E-state index in [0.717, 1.165) is 12.0 Å². The molecule has 0 saturated carbocycles. The molecule has 0 saturated heterocycles. The summed E-state index contributed by atoms with van der Waals surface area (Å²) in [5, 5.41) is 18.6. The molecule has 15 heavy (non-hydrogen) atoms. The Kier molecular flexibility index (Phi) is 3.78. The van der Waals surface area contributed by atoms with E-state index in [1.807, 2.05) is 12.1 Å². The molecule has 0 heterocycles. The number of hydrogen-bond donors (Lipinski definition) is 2. The van der Waals surface area contributed by atoms with Crippen molar-refractivity contribution in [1.29, 1.82) is 0 Å². The number of allylic oxidation sites excluding steroid dienone is 1. The Morgan fingerprint density at radius 2 is 1.80 bits per heavy atom. The molecule has 0 spiro atoms. The molecule has 1 aromatic carbocycles. The van der Waals surface area contributed by atoms with Gasteiger partial charge in [0.1, 0.15) is 5.75 Å². The van der Waals surface area contributed by atoms with Gasteiger partial charge >= 0.3 is 0 Å². The zero-order valence-corrected chi connectivity index (χ0v) is 9.27. The Morgan fingerprint density at radius 3 is 2.20 bits per heavy atom. The maximum atomic E-state index is 9.45. The smallest absolute Gasteiger partial charge is 0.115 e. The molecule has 2 nitrogen and oxygen atoms in total. The summed E-state index contributed by atoms with van der Waals surface area (Å²) in [5.74, 6) is 0.937. The third-order valence-electron chi connectivity index (χ3n) is 2.62. The van der Waals surface area contributed by atoms with Crippen molar-refractivity contribution < 1.29 is 10.2 Å². The molecule has 0 aliphatic carbocycles. The van der Waals surface area contributed by atoms with Gasteiger partial charge in [0.15, 0.2) is 0 Å². The number of aliphatic hydroxyl groups is 1. The molecule has 2 N–H and O–H groups in total. The first-order valence-electron chi connectivity index (χ1n) is 5.16. The third kappa shape index (κ3) is 3.31. The second-order valence-corrected chi connectivity index (χ2v) is 4.21. The normalized spacial score (nSPS) is 12.7. The molecule has 82 valence electrons. The molecule has 0 amide bonds. The molecule has 2 heteroatoms. The minimum Gasteiger partial charge on any atom is -0.513 e. The molecule has 1 rings (SSSR count). The highest BCUT2D eigenvalue weighted by Crippen LogP contribution is 2.23. The highest BCUT2D eigenvalue weighted by molar-refractivity contribution is 5.26. The van der Waals surface area contributed by atoms with Crippen LogP contribution in [0.4, 0.5) is 0 Å². The molecule has 0 bridgehead atoms. The Balaban J connectivity index is 2.74. The molecule has 0 radical (unpaired) electrons. The van der Waals surface area contributed by atoms with E-state index < -0.39 is 0 Å². The Morgan fingerprint density at radius 1 is 1.27 bits per heavy atom. The van der Waals surface area contributed by atoms with Crippen molar-refractivity contribution in [1.82, 2.24) is 0 Å². The van der Waals surface area contributed by atoms with Gasteiger partial charge in [-0.3, -0.25) is 0 Å². The van der Waals surface area contributed by atoms with Crippen LogP contribution in [-0.4, -0.2) is 10.2 Å². The van der Waals surface area contributed by atoms with Crippen LogP contribution in [0, 0.1) is 11.8 Å². The SMILES string of the molecule is C=C(O)C(Cc1ccc(O)cc1)C(C)C. The lowest BCUT2D eigenvalue weighted by Crippen LogP contribution is -2.14. The van der Waals surface area contributed by atoms with Crippen LogP contribution in [0.25, 0.3) is 0 Å². The summed E-state index contributed by atoms with van der Waals surface area (Å²) >= 11 is 0. The standard InChI is InChI=1S/C13H18O2/c1-9(2)13(10(3)14)8-11-4-6-12(15)7-5-11/h4-7,9,13-15H,3,8H2,1-2H3. The number of phenols is 1. The van der Waals surface area contributed by atoms with E-state index >= 15 is 0 Å². The van der Waals surface area contributed by atoms with Crippen LogP contribution in [0.15, 0.2) is 36.6 Å². The number of rotatable bonds is 4. The summed E-state index contributed by atoms with van der Waals surface area (Å²) in [7, 11) is 0. The van der Waals surface area contributed by atoms with Crippen molar-refractivity contribution in [2.75, 3.05) is 0 Å². The van der Waals surface area contributed by atoms with E-state index in [9.17, 15) is 5.11 Å². The van der Waals surface area contributed by atoms with Gasteiger partial charge in [0.05, 0.1) is 5.76 Å². The first-order valence-corrected chi connectivity index (χ1v) is 5.16. The van der Waals surface area contributed by atoms with Gasteiger partial charge in [0, 0.05) is 5.92 Å². The average molecular weight is 206 g/mol. The van der Waals surface area contributed by atoms with Crippen molar-refractivity contribution in [3.8, 4) is 5.75 Å². The minimum absolute atomic E-state index is 0.0783. The van der Waals surface area contributed by atoms with E-state index in [4.69, 9.17) is 5.11 Å². The maximum absolute atomic E-state index is 9.45. The first kappa shape index (κ1) is 11.6. The van der Waals surface area contributed by atoms with Crippen LogP contribution >= 0.6 is 0 Å². The van der Waals surface area contributed by atoms with Gasteiger partial charge in [-0.25, -0.2) is 0 Å². The van der Waals surface area contributed by atoms with Crippen LogP contribution in [0.3, 0.4) is 0 Å². The van der Waals surface area contributed by atoms with Gasteiger partial charge in [-0.2, -0.15) is 0 Å². The van der Waals surface area contributed by atoms with E-state index in [2.05, 4.69) is 20.4 Å². The lowest BCUT2D eigenvalue weighted by Gasteiger charge is -2.19. The first-order chi connectivity index (χ1) is 7.00. The third-order valence-corrected chi connectivity index (χ3v) is 2.62. The van der Waals surface area contributed by atoms with Crippen molar-refractivity contribution in [2.24, 2.45) is 11.8 Å². The monoisotopic (exact) mass is 206 g/mol. The lowest BCUT2D eigenvalue weighted by molar-refractivity contribution is 0.282. The summed E-state index contributed by atoms with van der Waals surface area (Å²) in [6, 6.07) is 7.06. The lowest BCUT2D eigenvalue weighted by atomic mass is 9.88. The summed E-state index contributed by atoms with van der Waals surface area (Å²) in [5.41, 5.74) is 1.10. The van der Waals surface area contributed by atoms with Gasteiger partial charge in [0.25, 0.3) is 0 Å². The highest BCUT2D eigenvalue weighted by Gasteiger charge is 2.16.